The second kappa shape index (κ2) is 39.0. The Labute approximate surface area is 695 Å². The van der Waals surface area contributed by atoms with E-state index in [2.05, 4.69) is 199 Å². The number of hydrogen-bond donors (Lipinski definition) is 6. The van der Waals surface area contributed by atoms with Crippen molar-refractivity contribution in [2.24, 2.45) is 0 Å². The Morgan fingerprint density at radius 2 is 0.658 bits per heavy atom. The summed E-state index contributed by atoms with van der Waals surface area (Å²) in [6.45, 7) is 25.1. The third-order valence-corrected chi connectivity index (χ3v) is 21.3. The molecule has 15 rings (SSSR count). The van der Waals surface area contributed by atoms with Crippen LogP contribution in [0.15, 0.2) is 237 Å². The van der Waals surface area contributed by atoms with Crippen molar-refractivity contribution >= 4 is 86.8 Å². The van der Waals surface area contributed by atoms with E-state index in [-0.39, 0.29) is 29.8 Å². The van der Waals surface area contributed by atoms with Crippen LogP contribution in [0.5, 0.6) is 0 Å². The van der Waals surface area contributed by atoms with Crippen molar-refractivity contribution in [3.63, 3.8) is 0 Å². The smallest absolute Gasteiger partial charge is 0.369 e. The van der Waals surface area contributed by atoms with Gasteiger partial charge in [-0.3, -0.25) is 29.1 Å². The van der Waals surface area contributed by atoms with Gasteiger partial charge in [-0.15, -0.1) is 0 Å². The van der Waals surface area contributed by atoms with Crippen LogP contribution in [0.2, 0.25) is 0 Å². The number of carbonyl (C=O) groups is 3. The van der Waals surface area contributed by atoms with Crippen LogP contribution in [0.4, 0.5) is 95.4 Å². The lowest BCUT2D eigenvalue weighted by atomic mass is 10.0. The molecule has 3 aliphatic rings. The molecular formula is C93H96F6N18O3. The van der Waals surface area contributed by atoms with Crippen LogP contribution in [-0.2, 0) is 46.4 Å². The zero-order valence-corrected chi connectivity index (χ0v) is 68.0. The van der Waals surface area contributed by atoms with Crippen molar-refractivity contribution < 1.29 is 40.7 Å². The molecule has 3 aliphatic heterocycles. The molecule has 3 amide bonds. The molecule has 0 unspecified atom stereocenters. The first-order valence-electron chi connectivity index (χ1n) is 39.8. The minimum absolute atomic E-state index is 0.0900. The number of amides is 3. The quantitative estimate of drug-likeness (QED) is 0.0368. The second-order valence-corrected chi connectivity index (χ2v) is 30.0. The third-order valence-electron chi connectivity index (χ3n) is 21.3. The monoisotopic (exact) mass is 1630 g/mol. The van der Waals surface area contributed by atoms with Crippen LogP contribution < -0.4 is 46.6 Å². The fraction of sp³-hybridized carbons (Fsp3) is 0.258. The summed E-state index contributed by atoms with van der Waals surface area (Å²) in [6.07, 6.45) is -4.34. The van der Waals surface area contributed by atoms with E-state index >= 15 is 0 Å². The molecule has 0 spiro atoms. The average Bonchev–Trinajstić information content (AvgIpc) is 0.787. The molecule has 6 heterocycles. The summed E-state index contributed by atoms with van der Waals surface area (Å²) in [4.78, 5) is 74.5. The highest BCUT2D eigenvalue weighted by Crippen LogP contribution is 2.38. The topological polar surface area (TPSA) is 220 Å². The highest BCUT2D eigenvalue weighted by Gasteiger charge is 2.38. The minimum atomic E-state index is -4.75. The molecule has 0 radical (unpaired) electrons. The van der Waals surface area contributed by atoms with Gasteiger partial charge in [0.15, 0.2) is 0 Å². The molecule has 120 heavy (non-hydrogen) atoms. The van der Waals surface area contributed by atoms with Crippen molar-refractivity contribution in [1.29, 1.82) is 0 Å². The first kappa shape index (κ1) is 84.8. The number of halogens is 6. The van der Waals surface area contributed by atoms with Crippen LogP contribution in [0, 0.1) is 27.7 Å². The van der Waals surface area contributed by atoms with Crippen LogP contribution >= 0.6 is 0 Å². The van der Waals surface area contributed by atoms with Crippen LogP contribution in [0.25, 0.3) is 33.8 Å². The molecular weight excluding hydrogens is 1530 g/mol. The summed E-state index contributed by atoms with van der Waals surface area (Å²) >= 11 is 0. The number of carbonyl (C=O) groups excluding carboxylic acids is 3. The van der Waals surface area contributed by atoms with Gasteiger partial charge in [-0.1, -0.05) is 72.8 Å². The predicted octanol–water partition coefficient (Wildman–Crippen LogP) is 18.8. The lowest BCUT2D eigenvalue weighted by Crippen LogP contribution is -2.46. The predicted molar refractivity (Wildman–Crippen MR) is 465 cm³/mol. The van der Waals surface area contributed by atoms with Gasteiger partial charge < -0.3 is 46.6 Å². The Bertz CT molecular complexity index is 5450. The maximum atomic E-state index is 13.5. The van der Waals surface area contributed by atoms with Crippen molar-refractivity contribution in [3.8, 4) is 33.8 Å². The Hall–Kier alpha value is -13.1. The summed E-state index contributed by atoms with van der Waals surface area (Å²) in [5.41, 5.74) is 19.2. The molecule has 0 atom stereocenters. The first-order chi connectivity index (χ1) is 57.7. The highest BCUT2D eigenvalue weighted by atomic mass is 19.4. The third kappa shape index (κ3) is 23.4. The van der Waals surface area contributed by atoms with Gasteiger partial charge in [0, 0.05) is 205 Å². The van der Waals surface area contributed by atoms with Gasteiger partial charge in [-0.25, -0.2) is 29.9 Å². The number of aromatic nitrogens is 6. The maximum absolute atomic E-state index is 13.5. The molecule has 12 aromatic rings. The summed E-state index contributed by atoms with van der Waals surface area (Å²) in [6, 6.07) is 67.3. The molecule has 6 N–H and O–H groups in total. The molecule has 0 aliphatic carbocycles. The lowest BCUT2D eigenvalue weighted by Gasteiger charge is -2.36. The second-order valence-electron chi connectivity index (χ2n) is 30.0. The van der Waals surface area contributed by atoms with Crippen molar-refractivity contribution in [1.82, 2.24) is 44.6 Å². The fourth-order valence-electron chi connectivity index (χ4n) is 14.6. The Morgan fingerprint density at radius 3 is 0.992 bits per heavy atom. The van der Waals surface area contributed by atoms with E-state index < -0.39 is 23.5 Å². The fourth-order valence-corrected chi connectivity index (χ4v) is 14.6. The van der Waals surface area contributed by atoms with Gasteiger partial charge in [0.1, 0.15) is 0 Å². The van der Waals surface area contributed by atoms with Crippen LogP contribution in [0.3, 0.4) is 0 Å². The van der Waals surface area contributed by atoms with E-state index in [4.69, 9.17) is 0 Å². The van der Waals surface area contributed by atoms with Gasteiger partial charge in [0.2, 0.25) is 35.6 Å². The largest absolute Gasteiger partial charge is 0.416 e. The number of piperazine rings is 3. The summed E-state index contributed by atoms with van der Waals surface area (Å²) in [5.74, 6) is 1.14. The van der Waals surface area contributed by atoms with Crippen molar-refractivity contribution in [2.75, 3.05) is 125 Å². The first-order valence-corrected chi connectivity index (χ1v) is 39.8. The molecule has 21 nitrogen and oxygen atoms in total. The number of hydrogen-bond acceptors (Lipinski definition) is 18. The Morgan fingerprint density at radius 1 is 0.342 bits per heavy atom. The number of alkyl halides is 6. The molecule has 0 saturated carbocycles. The van der Waals surface area contributed by atoms with Crippen LogP contribution in [-0.4, -0.2) is 141 Å². The van der Waals surface area contributed by atoms with Crippen molar-refractivity contribution in [2.45, 2.75) is 80.5 Å². The zero-order chi connectivity index (χ0) is 84.5. The van der Waals surface area contributed by atoms with Gasteiger partial charge in [0.25, 0.3) is 0 Å². The Kier molecular flexibility index (Phi) is 27.5. The van der Waals surface area contributed by atoms with E-state index in [1.54, 1.807) is 41.7 Å². The van der Waals surface area contributed by atoms with E-state index in [1.165, 1.54) is 65.5 Å². The number of nitrogens with one attached hydrogen (secondary N) is 6. The van der Waals surface area contributed by atoms with Gasteiger partial charge >= 0.3 is 12.4 Å². The maximum Gasteiger partial charge on any atom is 0.416 e. The summed E-state index contributed by atoms with van der Waals surface area (Å²) < 4.78 is 80.0. The SMILES string of the molecule is CC(=O)Nc1ccc(-c2ccnc(Nc3ccc(N4CCN(Cc5c(C)cccc5C)CC4)cc3)n2)cc1.CC(=O)Nc1ccc(-c2ccnc(Nc3ccc(N4CCN(Cc5cc(C(F)(F)F)ccc5C(F)(F)F)CC4)cc3)n2)cc1.CC(=O)Nc1ccc(-c2ccnc(Nc3ccc(N4CCN(Cc5cccc(C)c5C)CC4)cc3)n2)cc1. The zero-order valence-electron chi connectivity index (χ0n) is 68.0. The Balaban J connectivity index is 0.000000156. The van der Waals surface area contributed by atoms with E-state index in [1.807, 2.05) is 97.1 Å². The molecule has 618 valence electrons. The van der Waals surface area contributed by atoms with E-state index in [9.17, 15) is 40.7 Å². The number of rotatable bonds is 21. The summed E-state index contributed by atoms with van der Waals surface area (Å²) in [7, 11) is 0. The van der Waals surface area contributed by atoms with Crippen molar-refractivity contribution in [3.05, 3.63) is 287 Å². The number of aryl methyl sites for hydroxylation is 3. The van der Waals surface area contributed by atoms with Gasteiger partial charge in [-0.05, 0) is 212 Å². The molecule has 9 aromatic carbocycles. The standard InChI is InChI=1S/C31H28F6N6O.2C31H34N6O/c1-20(44)39-24-5-2-21(3-6-24)28-12-13-38-29(41-28)40-25-7-9-26(10-8-25)43-16-14-42(15-17-43)19-22-18-23(30(32,33)34)4-11-27(22)31(35,36)37;1-22-5-4-6-26(23(22)2)21-36-17-19-37(20-18-36)29-13-11-28(12-14-29)34-31-32-16-15-30(35-31)25-7-9-27(10-8-25)33-24(3)38;1-22-5-4-6-23(2)29(22)21-36-17-19-37(20-18-36)28-13-11-27(12-14-28)34-31-32-16-15-30(35-31)25-7-9-26(10-8-25)33-24(3)38/h2-13,18H,14-17,19H2,1H3,(H,39,44)(H,38,40,41);2*4-16H,17-21H2,1-3H3,(H,33,38)(H,32,34,35). The summed E-state index contributed by atoms with van der Waals surface area (Å²) in [5, 5.41) is 18.1. The number of benzene rings is 9. The van der Waals surface area contributed by atoms with Gasteiger partial charge in [0.05, 0.1) is 28.2 Å². The number of nitrogens with zero attached hydrogens (tertiary/aromatic N) is 12. The molecule has 27 heteroatoms. The molecule has 3 saturated heterocycles. The lowest BCUT2D eigenvalue weighted by molar-refractivity contribution is -0.142. The highest BCUT2D eigenvalue weighted by molar-refractivity contribution is 5.90. The number of anilines is 12. The molecule has 0 bridgehead atoms. The normalized spacial score (nSPS) is 14.0. The minimum Gasteiger partial charge on any atom is -0.369 e. The van der Waals surface area contributed by atoms with E-state index in [0.717, 1.165) is 128 Å². The van der Waals surface area contributed by atoms with E-state index in [0.29, 0.717) is 73.6 Å². The van der Waals surface area contributed by atoms with Gasteiger partial charge in [-0.2, -0.15) is 26.3 Å². The van der Waals surface area contributed by atoms with Crippen LogP contribution in [0.1, 0.15) is 70.8 Å². The molecule has 3 fully saturated rings. The average molecular weight is 1630 g/mol. The molecule has 3 aromatic heterocycles.